The quantitative estimate of drug-likeness (QED) is 0.888. The van der Waals surface area contributed by atoms with Crippen molar-refractivity contribution in [1.29, 1.82) is 0 Å². The fourth-order valence-corrected chi connectivity index (χ4v) is 2.18. The van der Waals surface area contributed by atoms with Crippen LogP contribution in [0.4, 0.5) is 0 Å². The maximum atomic E-state index is 12.3. The number of carbonyl (C=O) groups is 1. The molecule has 1 heterocycles. The minimum Gasteiger partial charge on any atom is -0.395 e. The Hall–Kier alpha value is -1.59. The molecule has 2 rings (SSSR count). The maximum absolute atomic E-state index is 12.3. The summed E-state index contributed by atoms with van der Waals surface area (Å²) in [5.74, 6) is -0.122. The van der Waals surface area contributed by atoms with Crippen LogP contribution in [0.1, 0.15) is 16.1 Å². The number of aromatic nitrogens is 1. The molecule has 0 aliphatic carbocycles. The lowest BCUT2D eigenvalue weighted by Gasteiger charge is -2.21. The standard InChI is InChI=1S/C14H15BrN2O2/c15-12-8-13(16-9-12)14(19)17(6-7-18)10-11-4-2-1-3-5-11/h1-5,8-9,16,18H,6-7,10H2. The third kappa shape index (κ3) is 3.68. The summed E-state index contributed by atoms with van der Waals surface area (Å²) in [6.45, 7) is 0.738. The van der Waals surface area contributed by atoms with Crippen molar-refractivity contribution in [2.24, 2.45) is 0 Å². The predicted octanol–water partition coefficient (Wildman–Crippen LogP) is 2.41. The zero-order valence-electron chi connectivity index (χ0n) is 10.3. The molecule has 0 atom stereocenters. The first-order valence-corrected chi connectivity index (χ1v) is 6.78. The molecular weight excluding hydrogens is 308 g/mol. The molecule has 19 heavy (non-hydrogen) atoms. The van der Waals surface area contributed by atoms with E-state index in [-0.39, 0.29) is 12.5 Å². The second kappa shape index (κ2) is 6.54. The molecule has 0 spiro atoms. The number of carbonyl (C=O) groups excluding carboxylic acids is 1. The molecule has 1 aromatic carbocycles. The predicted molar refractivity (Wildman–Crippen MR) is 76.8 cm³/mol. The van der Waals surface area contributed by atoms with Gasteiger partial charge in [0.2, 0.25) is 0 Å². The third-order valence-electron chi connectivity index (χ3n) is 2.75. The molecule has 5 heteroatoms. The molecule has 1 amide bonds. The van der Waals surface area contributed by atoms with E-state index in [2.05, 4.69) is 20.9 Å². The Morgan fingerprint density at radius 3 is 2.63 bits per heavy atom. The van der Waals surface area contributed by atoms with Crippen molar-refractivity contribution in [3.05, 3.63) is 58.3 Å². The summed E-state index contributed by atoms with van der Waals surface area (Å²) in [5, 5.41) is 9.10. The van der Waals surface area contributed by atoms with E-state index >= 15 is 0 Å². The number of rotatable bonds is 5. The summed E-state index contributed by atoms with van der Waals surface area (Å²) >= 11 is 3.30. The lowest BCUT2D eigenvalue weighted by molar-refractivity contribution is 0.0702. The average Bonchev–Trinajstić information content (AvgIpc) is 2.85. The van der Waals surface area contributed by atoms with Gasteiger partial charge in [-0.05, 0) is 27.6 Å². The summed E-state index contributed by atoms with van der Waals surface area (Å²) in [6.07, 6.45) is 1.72. The Kier molecular flexibility index (Phi) is 4.76. The van der Waals surface area contributed by atoms with Crippen molar-refractivity contribution in [2.75, 3.05) is 13.2 Å². The van der Waals surface area contributed by atoms with Gasteiger partial charge in [0, 0.05) is 23.8 Å². The van der Waals surface area contributed by atoms with Gasteiger partial charge in [-0.2, -0.15) is 0 Å². The lowest BCUT2D eigenvalue weighted by Crippen LogP contribution is -2.33. The monoisotopic (exact) mass is 322 g/mol. The molecule has 0 aliphatic heterocycles. The van der Waals surface area contributed by atoms with Crippen LogP contribution in [0.2, 0.25) is 0 Å². The molecule has 0 radical (unpaired) electrons. The van der Waals surface area contributed by atoms with E-state index in [4.69, 9.17) is 5.11 Å². The molecule has 2 N–H and O–H groups in total. The Labute approximate surface area is 120 Å². The van der Waals surface area contributed by atoms with Crippen LogP contribution in [-0.4, -0.2) is 34.0 Å². The maximum Gasteiger partial charge on any atom is 0.270 e. The van der Waals surface area contributed by atoms with Crippen LogP contribution in [0.15, 0.2) is 47.1 Å². The summed E-state index contributed by atoms with van der Waals surface area (Å²) in [7, 11) is 0. The molecule has 2 aromatic rings. The molecule has 4 nitrogen and oxygen atoms in total. The van der Waals surface area contributed by atoms with Gasteiger partial charge in [0.25, 0.3) is 5.91 Å². The van der Waals surface area contributed by atoms with Gasteiger partial charge < -0.3 is 15.0 Å². The second-order valence-corrected chi connectivity index (χ2v) is 5.08. The van der Waals surface area contributed by atoms with Gasteiger partial charge in [0.1, 0.15) is 5.69 Å². The average molecular weight is 323 g/mol. The van der Waals surface area contributed by atoms with Crippen molar-refractivity contribution in [2.45, 2.75) is 6.54 Å². The van der Waals surface area contributed by atoms with E-state index in [1.807, 2.05) is 30.3 Å². The van der Waals surface area contributed by atoms with E-state index in [1.165, 1.54) is 0 Å². The molecule has 0 saturated carbocycles. The number of halogens is 1. The summed E-state index contributed by atoms with van der Waals surface area (Å²) in [4.78, 5) is 16.8. The molecule has 0 aliphatic rings. The van der Waals surface area contributed by atoms with Crippen LogP contribution in [0.3, 0.4) is 0 Å². The number of amides is 1. The fraction of sp³-hybridized carbons (Fsp3) is 0.214. The largest absolute Gasteiger partial charge is 0.395 e. The van der Waals surface area contributed by atoms with E-state index < -0.39 is 0 Å². The highest BCUT2D eigenvalue weighted by molar-refractivity contribution is 9.10. The van der Waals surface area contributed by atoms with Crippen LogP contribution >= 0.6 is 15.9 Å². The first-order chi connectivity index (χ1) is 9.20. The highest BCUT2D eigenvalue weighted by Crippen LogP contribution is 2.14. The number of H-pyrrole nitrogens is 1. The van der Waals surface area contributed by atoms with E-state index in [9.17, 15) is 4.79 Å². The minimum atomic E-state index is -0.122. The van der Waals surface area contributed by atoms with Gasteiger partial charge in [-0.1, -0.05) is 30.3 Å². The van der Waals surface area contributed by atoms with Gasteiger partial charge in [-0.3, -0.25) is 4.79 Å². The van der Waals surface area contributed by atoms with Crippen molar-refractivity contribution >= 4 is 21.8 Å². The van der Waals surface area contributed by atoms with E-state index in [0.717, 1.165) is 10.0 Å². The first kappa shape index (κ1) is 13.8. The van der Waals surface area contributed by atoms with Gasteiger partial charge in [-0.15, -0.1) is 0 Å². The SMILES string of the molecule is O=C(c1cc(Br)c[nH]1)N(CCO)Cc1ccccc1. The summed E-state index contributed by atoms with van der Waals surface area (Å²) < 4.78 is 0.833. The minimum absolute atomic E-state index is 0.0551. The van der Waals surface area contributed by atoms with Crippen molar-refractivity contribution in [1.82, 2.24) is 9.88 Å². The van der Waals surface area contributed by atoms with E-state index in [1.54, 1.807) is 17.2 Å². The van der Waals surface area contributed by atoms with Gasteiger partial charge in [-0.25, -0.2) is 0 Å². The number of aliphatic hydroxyl groups is 1. The van der Waals surface area contributed by atoms with Crippen LogP contribution in [0.5, 0.6) is 0 Å². The summed E-state index contributed by atoms with van der Waals surface area (Å²) in [6, 6.07) is 11.5. The molecule has 1 aromatic heterocycles. The van der Waals surface area contributed by atoms with Crippen LogP contribution in [0.25, 0.3) is 0 Å². The molecule has 100 valence electrons. The smallest absolute Gasteiger partial charge is 0.270 e. The molecule has 0 bridgehead atoms. The molecule has 0 saturated heterocycles. The molecule has 0 fully saturated rings. The molecular formula is C14H15BrN2O2. The highest BCUT2D eigenvalue weighted by atomic mass is 79.9. The second-order valence-electron chi connectivity index (χ2n) is 4.17. The molecule has 0 unspecified atom stereocenters. The van der Waals surface area contributed by atoms with Crippen LogP contribution < -0.4 is 0 Å². The number of aromatic amines is 1. The Morgan fingerprint density at radius 1 is 1.32 bits per heavy atom. The van der Waals surface area contributed by atoms with Crippen LogP contribution in [-0.2, 0) is 6.54 Å². The summed E-state index contributed by atoms with van der Waals surface area (Å²) in [5.41, 5.74) is 1.55. The Balaban J connectivity index is 2.13. The van der Waals surface area contributed by atoms with Gasteiger partial charge in [0.15, 0.2) is 0 Å². The number of nitrogens with zero attached hydrogens (tertiary/aromatic N) is 1. The third-order valence-corrected chi connectivity index (χ3v) is 3.21. The Morgan fingerprint density at radius 2 is 2.05 bits per heavy atom. The number of hydrogen-bond donors (Lipinski definition) is 2. The fourth-order valence-electron chi connectivity index (χ4n) is 1.84. The topological polar surface area (TPSA) is 56.3 Å². The van der Waals surface area contributed by atoms with Crippen molar-refractivity contribution in [3.63, 3.8) is 0 Å². The van der Waals surface area contributed by atoms with Crippen LogP contribution in [0, 0.1) is 0 Å². The highest BCUT2D eigenvalue weighted by Gasteiger charge is 2.17. The zero-order chi connectivity index (χ0) is 13.7. The van der Waals surface area contributed by atoms with Crippen molar-refractivity contribution in [3.8, 4) is 0 Å². The van der Waals surface area contributed by atoms with Gasteiger partial charge in [0.05, 0.1) is 6.61 Å². The van der Waals surface area contributed by atoms with E-state index in [0.29, 0.717) is 18.8 Å². The number of nitrogens with one attached hydrogen (secondary N) is 1. The van der Waals surface area contributed by atoms with Gasteiger partial charge >= 0.3 is 0 Å². The number of benzene rings is 1. The first-order valence-electron chi connectivity index (χ1n) is 5.98. The number of aliphatic hydroxyl groups excluding tert-OH is 1. The van der Waals surface area contributed by atoms with Crippen molar-refractivity contribution < 1.29 is 9.90 Å². The zero-order valence-corrected chi connectivity index (χ0v) is 11.9. The normalized spacial score (nSPS) is 10.4. The number of hydrogen-bond acceptors (Lipinski definition) is 2. The lowest BCUT2D eigenvalue weighted by atomic mass is 10.2. The Bertz CT molecular complexity index is 539.